The number of hydrogen-bond acceptors (Lipinski definition) is 5. The molecule has 1 heterocycles. The van der Waals surface area contributed by atoms with Gasteiger partial charge in [0.1, 0.15) is 12.7 Å². The van der Waals surface area contributed by atoms with Crippen LogP contribution in [0, 0.1) is 10.1 Å². The summed E-state index contributed by atoms with van der Waals surface area (Å²) in [6, 6.07) is 12.5. The Balaban J connectivity index is 1.96. The number of carbonyl (C=O) groups is 2. The van der Waals surface area contributed by atoms with E-state index in [4.69, 9.17) is 0 Å². The average Bonchev–Trinajstić information content (AvgIpc) is 2.89. The zero-order chi connectivity index (χ0) is 18.1. The van der Waals surface area contributed by atoms with E-state index in [-0.39, 0.29) is 18.0 Å². The van der Waals surface area contributed by atoms with Crippen molar-refractivity contribution in [3.8, 4) is 5.75 Å². The van der Waals surface area contributed by atoms with Gasteiger partial charge in [-0.05, 0) is 17.7 Å². The molecule has 25 heavy (non-hydrogen) atoms. The first-order chi connectivity index (χ1) is 11.9. The maximum absolute atomic E-state index is 12.8. The number of nitro benzene ring substituents is 1. The molecule has 2 amide bonds. The highest BCUT2D eigenvalue weighted by molar-refractivity contribution is 5.99. The third-order valence-electron chi connectivity index (χ3n) is 4.14. The summed E-state index contributed by atoms with van der Waals surface area (Å²) in [7, 11) is 1.61. The van der Waals surface area contributed by atoms with Gasteiger partial charge in [0, 0.05) is 18.7 Å². The molecule has 0 bridgehead atoms. The molecule has 1 aliphatic heterocycles. The normalized spacial score (nSPS) is 17.0. The highest BCUT2D eigenvalue weighted by Crippen LogP contribution is 2.32. The molecule has 1 aliphatic rings. The van der Waals surface area contributed by atoms with Crippen LogP contribution in [0.25, 0.3) is 0 Å². The molecule has 0 aliphatic carbocycles. The second-order valence-electron chi connectivity index (χ2n) is 5.68. The van der Waals surface area contributed by atoms with Crippen molar-refractivity contribution < 1.29 is 19.6 Å². The smallest absolute Gasteiger partial charge is 0.310 e. The predicted octanol–water partition coefficient (Wildman–Crippen LogP) is 1.91. The first kappa shape index (κ1) is 16.4. The lowest BCUT2D eigenvalue weighted by Crippen LogP contribution is -2.34. The van der Waals surface area contributed by atoms with E-state index in [0.717, 1.165) is 17.7 Å². The fourth-order valence-electron chi connectivity index (χ4n) is 2.88. The van der Waals surface area contributed by atoms with Gasteiger partial charge in [-0.3, -0.25) is 19.7 Å². The molecule has 2 aromatic carbocycles. The van der Waals surface area contributed by atoms with Gasteiger partial charge < -0.3 is 14.9 Å². The largest absolute Gasteiger partial charge is 0.502 e. The summed E-state index contributed by atoms with van der Waals surface area (Å²) in [5.74, 6) is -1.30. The maximum atomic E-state index is 12.8. The minimum Gasteiger partial charge on any atom is -0.502 e. The number of aromatic hydroxyl groups is 1. The Morgan fingerprint density at radius 1 is 1.24 bits per heavy atom. The summed E-state index contributed by atoms with van der Waals surface area (Å²) in [6.07, 6.45) is -0.571. The van der Waals surface area contributed by atoms with Gasteiger partial charge in [0.25, 0.3) is 5.91 Å². The number of amides is 2. The van der Waals surface area contributed by atoms with Crippen LogP contribution < -0.4 is 0 Å². The molecule has 0 radical (unpaired) electrons. The third kappa shape index (κ3) is 2.89. The van der Waals surface area contributed by atoms with Gasteiger partial charge in [-0.25, -0.2) is 0 Å². The van der Waals surface area contributed by atoms with Crippen LogP contribution in [0.1, 0.15) is 22.1 Å². The molecule has 1 N–H and O–H groups in total. The first-order valence-electron chi connectivity index (χ1n) is 7.49. The summed E-state index contributed by atoms with van der Waals surface area (Å²) >= 11 is 0. The Morgan fingerprint density at radius 2 is 1.92 bits per heavy atom. The molecule has 0 aromatic heterocycles. The molecule has 2 aromatic rings. The maximum Gasteiger partial charge on any atom is 0.310 e. The molecule has 1 unspecified atom stereocenters. The molecule has 8 heteroatoms. The number of carbonyl (C=O) groups excluding carboxylic acids is 2. The Kier molecular flexibility index (Phi) is 4.10. The van der Waals surface area contributed by atoms with Crippen molar-refractivity contribution in [1.29, 1.82) is 0 Å². The monoisotopic (exact) mass is 341 g/mol. The van der Waals surface area contributed by atoms with Crippen LogP contribution in [0.15, 0.2) is 48.5 Å². The number of phenols is 1. The topological polar surface area (TPSA) is 104 Å². The van der Waals surface area contributed by atoms with E-state index in [0.29, 0.717) is 0 Å². The van der Waals surface area contributed by atoms with E-state index >= 15 is 0 Å². The van der Waals surface area contributed by atoms with Crippen molar-refractivity contribution in [3.63, 3.8) is 0 Å². The number of hydrogen-bond donors (Lipinski definition) is 1. The highest BCUT2D eigenvalue weighted by Gasteiger charge is 2.39. The second-order valence-corrected chi connectivity index (χ2v) is 5.68. The lowest BCUT2D eigenvalue weighted by Gasteiger charge is -2.28. The number of benzene rings is 2. The molecular formula is C17H15N3O5. The Morgan fingerprint density at radius 3 is 2.52 bits per heavy atom. The number of rotatable bonds is 3. The van der Waals surface area contributed by atoms with Crippen LogP contribution in [0.2, 0.25) is 0 Å². The fraction of sp³-hybridized carbons (Fsp3) is 0.176. The van der Waals surface area contributed by atoms with Crippen molar-refractivity contribution in [2.75, 3.05) is 13.6 Å². The van der Waals surface area contributed by atoms with Gasteiger partial charge in [-0.15, -0.1) is 0 Å². The molecular weight excluding hydrogens is 326 g/mol. The average molecular weight is 341 g/mol. The highest BCUT2D eigenvalue weighted by atomic mass is 16.6. The zero-order valence-electron chi connectivity index (χ0n) is 13.3. The van der Waals surface area contributed by atoms with Gasteiger partial charge >= 0.3 is 5.69 Å². The van der Waals surface area contributed by atoms with Gasteiger partial charge in [0.15, 0.2) is 5.75 Å². The Labute approximate surface area is 143 Å². The molecule has 3 rings (SSSR count). The summed E-state index contributed by atoms with van der Waals surface area (Å²) in [6.45, 7) is -0.105. The standard InChI is InChI=1S/C17H15N3O5/c1-18-15(22)10-19(16(18)11-5-3-2-4-6-11)17(23)12-7-8-13(20(24)25)14(21)9-12/h2-9,16,21H,10H2,1H3. The fourth-order valence-corrected chi connectivity index (χ4v) is 2.88. The lowest BCUT2D eigenvalue weighted by atomic mass is 10.1. The van der Waals surface area contributed by atoms with Gasteiger partial charge in [-0.2, -0.15) is 0 Å². The minimum absolute atomic E-state index is 0.0760. The summed E-state index contributed by atoms with van der Waals surface area (Å²) in [4.78, 5) is 37.8. The van der Waals surface area contributed by atoms with E-state index in [9.17, 15) is 24.8 Å². The van der Waals surface area contributed by atoms with Crippen molar-refractivity contribution >= 4 is 17.5 Å². The molecule has 0 spiro atoms. The second kappa shape index (κ2) is 6.23. The number of likely N-dealkylation sites (N-methyl/N-ethyl adjacent to an activating group) is 1. The van der Waals surface area contributed by atoms with Crippen LogP contribution in [0.3, 0.4) is 0 Å². The number of nitro groups is 1. The molecule has 1 atom stereocenters. The summed E-state index contributed by atoms with van der Waals surface area (Å²) < 4.78 is 0. The van der Waals surface area contributed by atoms with Gasteiger partial charge in [-0.1, -0.05) is 30.3 Å². The Hall–Kier alpha value is -3.42. The Bertz CT molecular complexity index is 853. The zero-order valence-corrected chi connectivity index (χ0v) is 13.3. The first-order valence-corrected chi connectivity index (χ1v) is 7.49. The van der Waals surface area contributed by atoms with Crippen molar-refractivity contribution in [2.24, 2.45) is 0 Å². The van der Waals surface area contributed by atoms with E-state index in [1.807, 2.05) is 30.3 Å². The molecule has 8 nitrogen and oxygen atoms in total. The van der Waals surface area contributed by atoms with Crippen LogP contribution >= 0.6 is 0 Å². The van der Waals surface area contributed by atoms with Crippen molar-refractivity contribution in [1.82, 2.24) is 9.80 Å². The summed E-state index contributed by atoms with van der Waals surface area (Å²) in [5.41, 5.74) is 0.369. The van der Waals surface area contributed by atoms with E-state index in [1.54, 1.807) is 7.05 Å². The van der Waals surface area contributed by atoms with Crippen molar-refractivity contribution in [2.45, 2.75) is 6.17 Å². The molecule has 1 saturated heterocycles. The molecule has 1 fully saturated rings. The van der Waals surface area contributed by atoms with Crippen LogP contribution in [-0.4, -0.2) is 45.2 Å². The number of nitrogens with zero attached hydrogens (tertiary/aromatic N) is 3. The molecule has 0 saturated carbocycles. The minimum atomic E-state index is -0.733. The van der Waals surface area contributed by atoms with Crippen molar-refractivity contribution in [3.05, 3.63) is 69.8 Å². The van der Waals surface area contributed by atoms with E-state index in [2.05, 4.69) is 0 Å². The number of phenolic OH excluding ortho intramolecular Hbond substituents is 1. The lowest BCUT2D eigenvalue weighted by molar-refractivity contribution is -0.385. The van der Waals surface area contributed by atoms with E-state index in [1.165, 1.54) is 15.9 Å². The SMILES string of the molecule is CN1C(=O)CN(C(=O)c2ccc([N+](=O)[O-])c(O)c2)C1c1ccccc1. The van der Waals surface area contributed by atoms with E-state index < -0.39 is 28.4 Å². The quantitative estimate of drug-likeness (QED) is 0.678. The predicted molar refractivity (Wildman–Crippen MR) is 87.8 cm³/mol. The van der Waals surface area contributed by atoms with Crippen LogP contribution in [0.4, 0.5) is 5.69 Å². The van der Waals surface area contributed by atoms with Gasteiger partial charge in [0.05, 0.1) is 4.92 Å². The van der Waals surface area contributed by atoms with Crippen LogP contribution in [-0.2, 0) is 4.79 Å². The van der Waals surface area contributed by atoms with Crippen LogP contribution in [0.5, 0.6) is 5.75 Å². The third-order valence-corrected chi connectivity index (χ3v) is 4.14. The van der Waals surface area contributed by atoms with Gasteiger partial charge in [0.2, 0.25) is 5.91 Å². The molecule has 128 valence electrons. The summed E-state index contributed by atoms with van der Waals surface area (Å²) in [5, 5.41) is 20.5.